The third kappa shape index (κ3) is 5.28. The third-order valence-corrected chi connectivity index (χ3v) is 2.81. The Hall–Kier alpha value is -2.32. The van der Waals surface area contributed by atoms with Crippen LogP contribution >= 0.6 is 0 Å². The van der Waals surface area contributed by atoms with Crippen molar-refractivity contribution in [2.45, 2.75) is 18.8 Å². The van der Waals surface area contributed by atoms with Crippen LogP contribution in [0.3, 0.4) is 0 Å². The van der Waals surface area contributed by atoms with E-state index >= 15 is 0 Å². The second-order valence-electron chi connectivity index (χ2n) is 4.26. The number of carbonyl (C=O) groups is 2. The van der Waals surface area contributed by atoms with Gasteiger partial charge in [0.1, 0.15) is 11.5 Å². The van der Waals surface area contributed by atoms with Crippen molar-refractivity contribution in [1.82, 2.24) is 0 Å². The third-order valence-electron chi connectivity index (χ3n) is 2.81. The molecule has 0 aliphatic rings. The predicted octanol–water partition coefficient (Wildman–Crippen LogP) is 0.450. The van der Waals surface area contributed by atoms with Crippen molar-refractivity contribution in [1.29, 1.82) is 0 Å². The van der Waals surface area contributed by atoms with E-state index in [1.165, 1.54) is 12.1 Å². The fraction of sp³-hybridized carbons (Fsp3) is 0.385. The van der Waals surface area contributed by atoms with Gasteiger partial charge in [-0.25, -0.2) is 9.59 Å². The monoisotopic (exact) mass is 298 g/mol. The molecular formula is C13H18N2O6. The molecule has 2 amide bonds. The second kappa shape index (κ2) is 8.08. The quantitative estimate of drug-likeness (QED) is 0.575. The van der Waals surface area contributed by atoms with E-state index in [9.17, 15) is 9.59 Å². The number of aliphatic hydroxyl groups is 2. The highest BCUT2D eigenvalue weighted by Crippen LogP contribution is 2.34. The van der Waals surface area contributed by atoms with Crippen molar-refractivity contribution in [2.24, 2.45) is 11.5 Å². The molecule has 0 aliphatic heterocycles. The minimum absolute atomic E-state index is 0.0909. The number of benzene rings is 1. The summed E-state index contributed by atoms with van der Waals surface area (Å²) in [6.07, 6.45) is -1.30. The number of hydrogen-bond donors (Lipinski definition) is 4. The van der Waals surface area contributed by atoms with Crippen LogP contribution in [0.2, 0.25) is 0 Å². The summed E-state index contributed by atoms with van der Waals surface area (Å²) in [5.74, 6) is -0.0561. The van der Waals surface area contributed by atoms with Gasteiger partial charge in [0.2, 0.25) is 0 Å². The molecule has 0 heterocycles. The van der Waals surface area contributed by atoms with Crippen molar-refractivity contribution in [3.8, 4) is 11.5 Å². The lowest BCUT2D eigenvalue weighted by Gasteiger charge is -2.18. The maximum atomic E-state index is 11.0. The van der Waals surface area contributed by atoms with E-state index in [1.807, 2.05) is 0 Å². The summed E-state index contributed by atoms with van der Waals surface area (Å²) in [6, 6.07) is 4.33. The summed E-state index contributed by atoms with van der Waals surface area (Å²) in [5.41, 5.74) is 10.5. The molecule has 0 spiro atoms. The number of carbonyl (C=O) groups excluding carboxylic acids is 2. The van der Waals surface area contributed by atoms with E-state index < -0.39 is 12.2 Å². The molecule has 0 unspecified atom stereocenters. The van der Waals surface area contributed by atoms with E-state index in [1.54, 1.807) is 6.07 Å². The lowest BCUT2D eigenvalue weighted by Crippen LogP contribution is -2.19. The Morgan fingerprint density at radius 3 is 2.10 bits per heavy atom. The molecule has 0 saturated carbocycles. The first-order valence-electron chi connectivity index (χ1n) is 6.28. The molecule has 1 aromatic rings. The lowest BCUT2D eigenvalue weighted by molar-refractivity contribution is 0.208. The Kier molecular flexibility index (Phi) is 6.44. The molecule has 0 aliphatic carbocycles. The molecule has 1 rings (SSSR count). The Morgan fingerprint density at radius 1 is 1.05 bits per heavy atom. The van der Waals surface area contributed by atoms with Crippen LogP contribution in [0.1, 0.15) is 24.3 Å². The molecule has 21 heavy (non-hydrogen) atoms. The van der Waals surface area contributed by atoms with E-state index in [0.29, 0.717) is 18.4 Å². The van der Waals surface area contributed by atoms with Crippen molar-refractivity contribution >= 4 is 12.2 Å². The largest absolute Gasteiger partial charge is 0.410 e. The molecule has 0 fully saturated rings. The van der Waals surface area contributed by atoms with E-state index in [2.05, 4.69) is 0 Å². The summed E-state index contributed by atoms with van der Waals surface area (Å²) in [7, 11) is 0. The zero-order valence-corrected chi connectivity index (χ0v) is 11.3. The number of rotatable bonds is 7. The van der Waals surface area contributed by atoms with Gasteiger partial charge in [-0.1, -0.05) is 6.07 Å². The van der Waals surface area contributed by atoms with Gasteiger partial charge in [-0.05, 0) is 30.4 Å². The van der Waals surface area contributed by atoms with Gasteiger partial charge in [0.15, 0.2) is 0 Å². The Balaban J connectivity index is 3.15. The normalized spacial score (nSPS) is 10.4. The molecule has 0 radical (unpaired) electrons. The van der Waals surface area contributed by atoms with Crippen molar-refractivity contribution < 1.29 is 29.3 Å². The topological polar surface area (TPSA) is 145 Å². The van der Waals surface area contributed by atoms with Crippen molar-refractivity contribution in [3.63, 3.8) is 0 Å². The second-order valence-corrected chi connectivity index (χ2v) is 4.26. The fourth-order valence-corrected chi connectivity index (χ4v) is 2.00. The number of ether oxygens (including phenoxy) is 2. The average molecular weight is 298 g/mol. The number of amides is 2. The summed E-state index contributed by atoms with van der Waals surface area (Å²) >= 11 is 0. The highest BCUT2D eigenvalue weighted by atomic mass is 16.6. The van der Waals surface area contributed by atoms with Gasteiger partial charge < -0.3 is 31.2 Å². The first-order valence-corrected chi connectivity index (χ1v) is 6.28. The Bertz CT molecular complexity index is 499. The number of hydrogen-bond acceptors (Lipinski definition) is 6. The van der Waals surface area contributed by atoms with E-state index in [-0.39, 0.29) is 30.6 Å². The van der Waals surface area contributed by atoms with Crippen LogP contribution in [0, 0.1) is 0 Å². The summed E-state index contributed by atoms with van der Waals surface area (Å²) in [6.45, 7) is -0.194. The molecule has 8 nitrogen and oxygen atoms in total. The Labute approximate surface area is 121 Å². The van der Waals surface area contributed by atoms with Gasteiger partial charge in [0.05, 0.1) is 0 Å². The molecular weight excluding hydrogens is 280 g/mol. The van der Waals surface area contributed by atoms with Gasteiger partial charge in [-0.3, -0.25) is 0 Å². The molecule has 0 saturated heterocycles. The molecule has 1 aromatic carbocycles. The van der Waals surface area contributed by atoms with Crippen LogP contribution in [-0.4, -0.2) is 35.6 Å². The standard InChI is InChI=1S/C13H18N2O6/c14-12(18)20-9-1-2-10(8(3-5-16)4-6-17)11(7-9)21-13(15)19/h1-2,7-8,16-17H,3-6H2,(H2,14,18)(H2,15,19). The minimum atomic E-state index is -1.03. The molecule has 0 aromatic heterocycles. The first kappa shape index (κ1) is 16.7. The lowest BCUT2D eigenvalue weighted by atomic mass is 9.92. The summed E-state index contributed by atoms with van der Waals surface area (Å²) < 4.78 is 9.58. The SMILES string of the molecule is NC(=O)Oc1ccc(C(CCO)CCO)c(OC(N)=O)c1. The van der Waals surface area contributed by atoms with Crippen LogP contribution in [0.4, 0.5) is 9.59 Å². The fourth-order valence-electron chi connectivity index (χ4n) is 2.00. The Morgan fingerprint density at radius 2 is 1.62 bits per heavy atom. The van der Waals surface area contributed by atoms with E-state index in [4.69, 9.17) is 31.2 Å². The molecule has 6 N–H and O–H groups in total. The zero-order valence-electron chi connectivity index (χ0n) is 11.3. The van der Waals surface area contributed by atoms with Crippen LogP contribution < -0.4 is 20.9 Å². The molecule has 0 bridgehead atoms. The molecule has 0 atom stereocenters. The van der Waals surface area contributed by atoms with Crippen LogP contribution in [0.15, 0.2) is 18.2 Å². The maximum absolute atomic E-state index is 11.0. The van der Waals surface area contributed by atoms with Gasteiger partial charge in [-0.2, -0.15) is 0 Å². The summed E-state index contributed by atoms with van der Waals surface area (Å²) in [4.78, 5) is 21.7. The smallest absolute Gasteiger partial charge is 0.409 e. The van der Waals surface area contributed by atoms with Gasteiger partial charge >= 0.3 is 12.2 Å². The highest BCUT2D eigenvalue weighted by molar-refractivity contribution is 5.70. The van der Waals surface area contributed by atoms with Gasteiger partial charge in [0, 0.05) is 19.3 Å². The van der Waals surface area contributed by atoms with Gasteiger partial charge in [0.25, 0.3) is 0 Å². The zero-order chi connectivity index (χ0) is 15.8. The van der Waals surface area contributed by atoms with Crippen LogP contribution in [-0.2, 0) is 0 Å². The first-order chi connectivity index (χ1) is 9.97. The average Bonchev–Trinajstić information content (AvgIpc) is 2.37. The van der Waals surface area contributed by atoms with Crippen molar-refractivity contribution in [2.75, 3.05) is 13.2 Å². The van der Waals surface area contributed by atoms with Gasteiger partial charge in [-0.15, -0.1) is 0 Å². The van der Waals surface area contributed by atoms with Crippen molar-refractivity contribution in [3.05, 3.63) is 23.8 Å². The minimum Gasteiger partial charge on any atom is -0.410 e. The predicted molar refractivity (Wildman–Crippen MR) is 73.0 cm³/mol. The number of aliphatic hydroxyl groups excluding tert-OH is 2. The summed E-state index contributed by atoms with van der Waals surface area (Å²) in [5, 5.41) is 18.1. The van der Waals surface area contributed by atoms with Crippen LogP contribution in [0.25, 0.3) is 0 Å². The number of nitrogens with two attached hydrogens (primary N) is 2. The maximum Gasteiger partial charge on any atom is 0.409 e. The van der Waals surface area contributed by atoms with Crippen LogP contribution in [0.5, 0.6) is 11.5 Å². The molecule has 116 valence electrons. The molecule has 8 heteroatoms. The number of primary amides is 2. The van der Waals surface area contributed by atoms with E-state index in [0.717, 1.165) is 0 Å². The highest BCUT2D eigenvalue weighted by Gasteiger charge is 2.18.